The third kappa shape index (κ3) is 2.69. The predicted octanol–water partition coefficient (Wildman–Crippen LogP) is 1.87. The number of nitrogens with one attached hydrogen (secondary N) is 2. The Kier molecular flexibility index (Phi) is 3.15. The fraction of sp³-hybridized carbons (Fsp3) is 0.857. The van der Waals surface area contributed by atoms with Crippen molar-refractivity contribution >= 4 is 12.0 Å². The molecule has 3 aliphatic carbocycles. The lowest BCUT2D eigenvalue weighted by molar-refractivity contribution is -0.144. The summed E-state index contributed by atoms with van der Waals surface area (Å²) in [4.78, 5) is 23.5. The van der Waals surface area contributed by atoms with Crippen LogP contribution in [-0.2, 0) is 4.79 Å². The molecule has 0 aromatic carbocycles. The normalized spacial score (nSPS) is 25.3. The van der Waals surface area contributed by atoms with Crippen LogP contribution in [0.1, 0.15) is 51.4 Å². The molecule has 0 bridgehead atoms. The first-order chi connectivity index (χ1) is 9.11. The molecule has 0 aromatic rings. The maximum atomic E-state index is 12.1. The van der Waals surface area contributed by atoms with E-state index in [0.29, 0.717) is 24.7 Å². The van der Waals surface area contributed by atoms with E-state index in [9.17, 15) is 14.7 Å². The van der Waals surface area contributed by atoms with Gasteiger partial charge in [0.05, 0.1) is 0 Å². The first-order valence-corrected chi connectivity index (χ1v) is 7.43. The number of hydrogen-bond acceptors (Lipinski definition) is 2. The van der Waals surface area contributed by atoms with E-state index in [-0.39, 0.29) is 12.1 Å². The van der Waals surface area contributed by atoms with Gasteiger partial charge in [0.2, 0.25) is 0 Å². The van der Waals surface area contributed by atoms with E-state index in [1.54, 1.807) is 0 Å². The summed E-state index contributed by atoms with van der Waals surface area (Å²) in [7, 11) is 0. The predicted molar refractivity (Wildman–Crippen MR) is 69.7 cm³/mol. The second-order valence-corrected chi connectivity index (χ2v) is 6.39. The van der Waals surface area contributed by atoms with Crippen LogP contribution < -0.4 is 10.6 Å². The van der Waals surface area contributed by atoms with E-state index in [1.807, 2.05) is 0 Å². The average Bonchev–Trinajstić information content (AvgIpc) is 3.27. The molecule has 0 heterocycles. The lowest BCUT2D eigenvalue weighted by Gasteiger charge is -2.27. The van der Waals surface area contributed by atoms with Crippen molar-refractivity contribution in [1.29, 1.82) is 0 Å². The summed E-state index contributed by atoms with van der Waals surface area (Å²) >= 11 is 0. The molecule has 106 valence electrons. The van der Waals surface area contributed by atoms with E-state index in [0.717, 1.165) is 12.8 Å². The Morgan fingerprint density at radius 2 is 1.58 bits per heavy atom. The van der Waals surface area contributed by atoms with Crippen LogP contribution in [0, 0.1) is 11.8 Å². The minimum Gasteiger partial charge on any atom is -0.480 e. The smallest absolute Gasteiger partial charge is 0.329 e. The molecule has 0 aliphatic heterocycles. The molecule has 3 saturated carbocycles. The van der Waals surface area contributed by atoms with Crippen molar-refractivity contribution in [2.75, 3.05) is 0 Å². The standard InChI is InChI=1S/C14H22N2O3/c17-12(18)14(7-1-2-8-14)16-13(19)15-11(9-3-4-9)10-5-6-10/h9-11H,1-8H2,(H,17,18)(H2,15,16,19). The number of carboxylic acids is 1. The van der Waals surface area contributed by atoms with Crippen LogP contribution in [0.15, 0.2) is 0 Å². The number of aliphatic carboxylic acids is 1. The van der Waals surface area contributed by atoms with Gasteiger partial charge in [0.1, 0.15) is 5.54 Å². The van der Waals surface area contributed by atoms with E-state index in [4.69, 9.17) is 0 Å². The van der Waals surface area contributed by atoms with Crippen molar-refractivity contribution in [3.63, 3.8) is 0 Å². The second kappa shape index (κ2) is 4.69. The van der Waals surface area contributed by atoms with Gasteiger partial charge in [-0.1, -0.05) is 12.8 Å². The Hall–Kier alpha value is -1.26. The molecular formula is C14H22N2O3. The zero-order valence-electron chi connectivity index (χ0n) is 11.2. The summed E-state index contributed by atoms with van der Waals surface area (Å²) in [5.41, 5.74) is -1.03. The first-order valence-electron chi connectivity index (χ1n) is 7.43. The average molecular weight is 266 g/mol. The second-order valence-electron chi connectivity index (χ2n) is 6.39. The van der Waals surface area contributed by atoms with Crippen LogP contribution in [0.4, 0.5) is 4.79 Å². The maximum Gasteiger partial charge on any atom is 0.329 e. The largest absolute Gasteiger partial charge is 0.480 e. The summed E-state index contributed by atoms with van der Waals surface area (Å²) in [6.07, 6.45) is 7.65. The molecule has 2 amide bonds. The summed E-state index contributed by atoms with van der Waals surface area (Å²) in [6, 6.07) is -0.0136. The van der Waals surface area contributed by atoms with Crippen LogP contribution in [0.3, 0.4) is 0 Å². The lowest BCUT2D eigenvalue weighted by Crippen LogP contribution is -2.57. The highest BCUT2D eigenvalue weighted by molar-refractivity contribution is 5.86. The molecule has 0 saturated heterocycles. The molecule has 19 heavy (non-hydrogen) atoms. The lowest BCUT2D eigenvalue weighted by atomic mass is 9.98. The molecular weight excluding hydrogens is 244 g/mol. The number of hydrogen-bond donors (Lipinski definition) is 3. The monoisotopic (exact) mass is 266 g/mol. The van der Waals surface area contributed by atoms with Crippen molar-refractivity contribution in [2.45, 2.75) is 62.9 Å². The molecule has 5 nitrogen and oxygen atoms in total. The third-order valence-corrected chi connectivity index (χ3v) is 4.78. The van der Waals surface area contributed by atoms with Crippen molar-refractivity contribution in [1.82, 2.24) is 10.6 Å². The van der Waals surface area contributed by atoms with Crippen molar-refractivity contribution in [2.24, 2.45) is 11.8 Å². The molecule has 0 spiro atoms. The molecule has 3 N–H and O–H groups in total. The van der Waals surface area contributed by atoms with Crippen LogP contribution in [0.25, 0.3) is 0 Å². The minimum absolute atomic E-state index is 0.271. The van der Waals surface area contributed by atoms with Crippen LogP contribution in [0.2, 0.25) is 0 Å². The summed E-state index contributed by atoms with van der Waals surface area (Å²) < 4.78 is 0. The highest BCUT2D eigenvalue weighted by Gasteiger charge is 2.45. The van der Waals surface area contributed by atoms with Crippen LogP contribution in [-0.4, -0.2) is 28.7 Å². The zero-order chi connectivity index (χ0) is 13.5. The zero-order valence-corrected chi connectivity index (χ0v) is 11.2. The third-order valence-electron chi connectivity index (χ3n) is 4.78. The van der Waals surface area contributed by atoms with Gasteiger partial charge in [0.25, 0.3) is 0 Å². The Labute approximate surface area is 113 Å². The van der Waals surface area contributed by atoms with Gasteiger partial charge in [-0.05, 0) is 50.4 Å². The Balaban J connectivity index is 1.58. The van der Waals surface area contributed by atoms with Gasteiger partial charge in [0.15, 0.2) is 0 Å². The Morgan fingerprint density at radius 3 is 2.00 bits per heavy atom. The molecule has 0 aromatic heterocycles. The summed E-state index contributed by atoms with van der Waals surface area (Å²) in [6.45, 7) is 0. The number of rotatable bonds is 5. The first kappa shape index (κ1) is 12.8. The fourth-order valence-electron chi connectivity index (χ4n) is 3.31. The number of amides is 2. The number of carbonyl (C=O) groups is 2. The minimum atomic E-state index is -1.03. The van der Waals surface area contributed by atoms with Gasteiger partial charge in [-0.25, -0.2) is 9.59 Å². The summed E-state index contributed by atoms with van der Waals surface area (Å²) in [5, 5.41) is 15.1. The molecule has 3 aliphatic rings. The van der Waals surface area contributed by atoms with Gasteiger partial charge in [-0.2, -0.15) is 0 Å². The SMILES string of the molecule is O=C(NC(C1CC1)C1CC1)NC1(C(=O)O)CCCC1. The van der Waals surface area contributed by atoms with E-state index in [1.165, 1.54) is 25.7 Å². The van der Waals surface area contributed by atoms with Gasteiger partial charge < -0.3 is 15.7 Å². The summed E-state index contributed by atoms with van der Waals surface area (Å²) in [5.74, 6) is 0.361. The molecule has 0 radical (unpaired) electrons. The highest BCUT2D eigenvalue weighted by Crippen LogP contribution is 2.44. The molecule has 5 heteroatoms. The quantitative estimate of drug-likeness (QED) is 0.711. The Bertz CT molecular complexity index is 370. The molecule has 3 rings (SSSR count). The van der Waals surface area contributed by atoms with Gasteiger partial charge in [-0.3, -0.25) is 0 Å². The van der Waals surface area contributed by atoms with Crippen LogP contribution in [0.5, 0.6) is 0 Å². The molecule has 3 fully saturated rings. The van der Waals surface area contributed by atoms with Gasteiger partial charge in [0, 0.05) is 6.04 Å². The van der Waals surface area contributed by atoms with Crippen LogP contribution >= 0.6 is 0 Å². The van der Waals surface area contributed by atoms with Crippen molar-refractivity contribution in [3.8, 4) is 0 Å². The highest BCUT2D eigenvalue weighted by atomic mass is 16.4. The fourth-order valence-corrected chi connectivity index (χ4v) is 3.31. The maximum absolute atomic E-state index is 12.1. The topological polar surface area (TPSA) is 78.4 Å². The molecule has 0 unspecified atom stereocenters. The van der Waals surface area contributed by atoms with E-state index >= 15 is 0 Å². The molecule has 0 atom stereocenters. The number of urea groups is 1. The van der Waals surface area contributed by atoms with E-state index in [2.05, 4.69) is 10.6 Å². The number of carbonyl (C=O) groups excluding carboxylic acids is 1. The number of carboxylic acid groups (broad SMARTS) is 1. The van der Waals surface area contributed by atoms with Gasteiger partial charge in [-0.15, -0.1) is 0 Å². The van der Waals surface area contributed by atoms with E-state index < -0.39 is 11.5 Å². The van der Waals surface area contributed by atoms with Crippen molar-refractivity contribution in [3.05, 3.63) is 0 Å². The Morgan fingerprint density at radius 1 is 1.05 bits per heavy atom. The van der Waals surface area contributed by atoms with Gasteiger partial charge >= 0.3 is 12.0 Å². The van der Waals surface area contributed by atoms with Crippen molar-refractivity contribution < 1.29 is 14.7 Å².